The minimum atomic E-state index is 0. The van der Waals surface area contributed by atoms with Gasteiger partial charge in [0, 0.05) is 46.2 Å². The predicted octanol–water partition coefficient (Wildman–Crippen LogP) is -1.11. The molecular formula is C11H22ClN7O. The van der Waals surface area contributed by atoms with Crippen LogP contribution in [0.5, 0.6) is 0 Å². The Hall–Kier alpha value is -1.25. The molecule has 0 unspecified atom stereocenters. The van der Waals surface area contributed by atoms with Gasteiger partial charge in [-0.2, -0.15) is 0 Å². The van der Waals surface area contributed by atoms with E-state index in [-0.39, 0.29) is 18.3 Å². The van der Waals surface area contributed by atoms with Gasteiger partial charge in [0.05, 0.1) is 6.54 Å². The van der Waals surface area contributed by atoms with E-state index in [9.17, 15) is 4.79 Å². The van der Waals surface area contributed by atoms with Gasteiger partial charge in [-0.15, -0.1) is 17.5 Å². The van der Waals surface area contributed by atoms with Gasteiger partial charge >= 0.3 is 0 Å². The Labute approximate surface area is 124 Å². The summed E-state index contributed by atoms with van der Waals surface area (Å²) in [5, 5.41) is 14.6. The predicted molar refractivity (Wildman–Crippen MR) is 76.4 cm³/mol. The first-order valence-corrected chi connectivity index (χ1v) is 6.55. The van der Waals surface area contributed by atoms with E-state index in [1.54, 1.807) is 4.68 Å². The van der Waals surface area contributed by atoms with E-state index >= 15 is 0 Å². The molecule has 8 nitrogen and oxygen atoms in total. The van der Waals surface area contributed by atoms with Gasteiger partial charge in [-0.1, -0.05) is 0 Å². The quantitative estimate of drug-likeness (QED) is 0.743. The molecule has 0 radical (unpaired) electrons. The number of piperazine rings is 1. The Bertz CT molecular complexity index is 419. The van der Waals surface area contributed by atoms with Gasteiger partial charge in [0.1, 0.15) is 0 Å². The smallest absolute Gasteiger partial charge is 0.223 e. The van der Waals surface area contributed by atoms with Gasteiger partial charge in [-0.25, -0.2) is 4.68 Å². The third-order valence-electron chi connectivity index (χ3n) is 3.30. The summed E-state index contributed by atoms with van der Waals surface area (Å²) in [7, 11) is 3.79. The monoisotopic (exact) mass is 303 g/mol. The second-order valence-electron chi connectivity index (χ2n) is 4.84. The SMILES string of the molecule is CN(CCC(=O)N1CCNCC1)Cc1nnnn1C.Cl. The molecule has 0 saturated carbocycles. The number of aromatic nitrogens is 4. The fourth-order valence-corrected chi connectivity index (χ4v) is 2.06. The molecule has 1 N–H and O–H groups in total. The standard InChI is InChI=1S/C11H21N7O.ClH/c1-16(9-10-13-14-15-17(10)2)6-3-11(19)18-7-4-12-5-8-18;/h12H,3-9H2,1-2H3;1H. The maximum atomic E-state index is 12.0. The van der Waals surface area contributed by atoms with Crippen molar-refractivity contribution >= 4 is 18.3 Å². The second kappa shape index (κ2) is 8.13. The number of tetrazole rings is 1. The number of hydrogen-bond donors (Lipinski definition) is 1. The number of carbonyl (C=O) groups excluding carboxylic acids is 1. The van der Waals surface area contributed by atoms with Gasteiger partial charge in [0.15, 0.2) is 5.82 Å². The highest BCUT2D eigenvalue weighted by Crippen LogP contribution is 2.01. The third kappa shape index (κ3) is 4.69. The van der Waals surface area contributed by atoms with Crippen LogP contribution in [0.4, 0.5) is 0 Å². The summed E-state index contributed by atoms with van der Waals surface area (Å²) in [6, 6.07) is 0. The van der Waals surface area contributed by atoms with Crippen molar-refractivity contribution in [3.8, 4) is 0 Å². The molecule has 20 heavy (non-hydrogen) atoms. The maximum absolute atomic E-state index is 12.0. The lowest BCUT2D eigenvalue weighted by Crippen LogP contribution is -2.47. The fraction of sp³-hybridized carbons (Fsp3) is 0.818. The highest BCUT2D eigenvalue weighted by Gasteiger charge is 2.16. The summed E-state index contributed by atoms with van der Waals surface area (Å²) in [6.07, 6.45) is 0.543. The Morgan fingerprint density at radius 2 is 2.10 bits per heavy atom. The topological polar surface area (TPSA) is 79.2 Å². The Morgan fingerprint density at radius 1 is 1.40 bits per heavy atom. The van der Waals surface area contributed by atoms with Gasteiger partial charge in [0.25, 0.3) is 0 Å². The lowest BCUT2D eigenvalue weighted by Gasteiger charge is -2.28. The molecule has 0 atom stereocenters. The summed E-state index contributed by atoms with van der Waals surface area (Å²) in [5.74, 6) is 1.03. The zero-order chi connectivity index (χ0) is 13.7. The van der Waals surface area contributed by atoms with Crippen molar-refractivity contribution in [2.24, 2.45) is 7.05 Å². The number of nitrogens with one attached hydrogen (secondary N) is 1. The lowest BCUT2D eigenvalue weighted by atomic mass is 10.3. The van der Waals surface area contributed by atoms with Crippen molar-refractivity contribution in [1.29, 1.82) is 0 Å². The largest absolute Gasteiger partial charge is 0.340 e. The van der Waals surface area contributed by atoms with Crippen molar-refractivity contribution < 1.29 is 4.79 Å². The molecule has 1 aromatic rings. The van der Waals surface area contributed by atoms with Crippen LogP contribution in [0.15, 0.2) is 0 Å². The first kappa shape index (κ1) is 16.8. The number of rotatable bonds is 5. The van der Waals surface area contributed by atoms with E-state index < -0.39 is 0 Å². The van der Waals surface area contributed by atoms with Crippen molar-refractivity contribution in [2.75, 3.05) is 39.8 Å². The summed E-state index contributed by atoms with van der Waals surface area (Å²) >= 11 is 0. The van der Waals surface area contributed by atoms with Crippen LogP contribution in [0, 0.1) is 0 Å². The molecular weight excluding hydrogens is 282 g/mol. The second-order valence-corrected chi connectivity index (χ2v) is 4.84. The van der Waals surface area contributed by atoms with Gasteiger partial charge in [-0.05, 0) is 17.5 Å². The summed E-state index contributed by atoms with van der Waals surface area (Å²) in [5.41, 5.74) is 0. The minimum Gasteiger partial charge on any atom is -0.340 e. The molecule has 0 aromatic carbocycles. The van der Waals surface area contributed by atoms with Crippen LogP contribution in [0.3, 0.4) is 0 Å². The van der Waals surface area contributed by atoms with E-state index in [2.05, 4.69) is 25.7 Å². The number of halogens is 1. The fourth-order valence-electron chi connectivity index (χ4n) is 2.06. The third-order valence-corrected chi connectivity index (χ3v) is 3.30. The number of hydrogen-bond acceptors (Lipinski definition) is 6. The van der Waals surface area contributed by atoms with E-state index in [0.717, 1.165) is 38.5 Å². The Morgan fingerprint density at radius 3 is 2.70 bits per heavy atom. The van der Waals surface area contributed by atoms with E-state index in [1.807, 2.05) is 19.0 Å². The molecule has 9 heteroatoms. The Balaban J connectivity index is 0.00000200. The molecule has 1 amide bonds. The van der Waals surface area contributed by atoms with E-state index in [0.29, 0.717) is 13.0 Å². The van der Waals surface area contributed by atoms with Crippen LogP contribution in [0.1, 0.15) is 12.2 Å². The first-order valence-electron chi connectivity index (χ1n) is 6.55. The molecule has 1 aliphatic heterocycles. The van der Waals surface area contributed by atoms with Crippen LogP contribution in [-0.4, -0.2) is 75.7 Å². The van der Waals surface area contributed by atoms with Crippen LogP contribution < -0.4 is 5.32 Å². The van der Waals surface area contributed by atoms with Crippen LogP contribution in [0.25, 0.3) is 0 Å². The molecule has 1 saturated heterocycles. The molecule has 1 fully saturated rings. The summed E-state index contributed by atoms with van der Waals surface area (Å²) < 4.78 is 1.65. The van der Waals surface area contributed by atoms with Crippen molar-refractivity contribution in [3.63, 3.8) is 0 Å². The van der Waals surface area contributed by atoms with Crippen LogP contribution in [-0.2, 0) is 18.4 Å². The van der Waals surface area contributed by atoms with Crippen LogP contribution in [0.2, 0.25) is 0 Å². The minimum absolute atomic E-state index is 0. The zero-order valence-corrected chi connectivity index (χ0v) is 12.8. The van der Waals surface area contributed by atoms with Gasteiger partial charge in [-0.3, -0.25) is 9.69 Å². The number of carbonyl (C=O) groups is 1. The molecule has 1 aromatic heterocycles. The van der Waals surface area contributed by atoms with Gasteiger partial charge < -0.3 is 10.2 Å². The first-order chi connectivity index (χ1) is 9.16. The van der Waals surface area contributed by atoms with Crippen molar-refractivity contribution in [1.82, 2.24) is 35.3 Å². The highest BCUT2D eigenvalue weighted by molar-refractivity contribution is 5.85. The average molecular weight is 304 g/mol. The van der Waals surface area contributed by atoms with Crippen LogP contribution >= 0.6 is 12.4 Å². The van der Waals surface area contributed by atoms with Gasteiger partial charge in [0.2, 0.25) is 5.91 Å². The maximum Gasteiger partial charge on any atom is 0.223 e. The molecule has 2 rings (SSSR count). The molecule has 0 bridgehead atoms. The molecule has 114 valence electrons. The van der Waals surface area contributed by atoms with Crippen molar-refractivity contribution in [3.05, 3.63) is 5.82 Å². The van der Waals surface area contributed by atoms with E-state index in [4.69, 9.17) is 0 Å². The average Bonchev–Trinajstić information content (AvgIpc) is 2.82. The molecule has 0 aliphatic carbocycles. The lowest BCUT2D eigenvalue weighted by molar-refractivity contribution is -0.132. The number of aryl methyl sites for hydroxylation is 1. The zero-order valence-electron chi connectivity index (χ0n) is 11.9. The molecule has 0 spiro atoms. The number of amides is 1. The number of nitrogens with zero attached hydrogens (tertiary/aromatic N) is 6. The Kier molecular flexibility index (Phi) is 6.83. The summed E-state index contributed by atoms with van der Waals surface area (Å²) in [6.45, 7) is 4.79. The molecule has 1 aliphatic rings. The summed E-state index contributed by atoms with van der Waals surface area (Å²) in [4.78, 5) is 16.0. The highest BCUT2D eigenvalue weighted by atomic mass is 35.5. The normalized spacial score (nSPS) is 15.2. The van der Waals surface area contributed by atoms with Crippen molar-refractivity contribution in [2.45, 2.75) is 13.0 Å². The van der Waals surface area contributed by atoms with E-state index in [1.165, 1.54) is 0 Å². The molecule has 2 heterocycles.